The van der Waals surface area contributed by atoms with E-state index in [4.69, 9.17) is 4.74 Å². The Morgan fingerprint density at radius 2 is 2.00 bits per heavy atom. The van der Waals surface area contributed by atoms with Crippen molar-refractivity contribution in [1.82, 2.24) is 0 Å². The number of hydrogen-bond donors (Lipinski definition) is 1. The maximum Gasteiger partial charge on any atom is 0.131 e. The fraction of sp³-hybridized carbons (Fsp3) is 0.250. The van der Waals surface area contributed by atoms with Gasteiger partial charge in [0.05, 0.1) is 12.6 Å². The average molecular weight is 275 g/mol. The van der Waals surface area contributed by atoms with Crippen LogP contribution in [0.3, 0.4) is 0 Å². The van der Waals surface area contributed by atoms with E-state index in [1.54, 1.807) is 0 Å². The van der Waals surface area contributed by atoms with E-state index < -0.39 is 11.6 Å². The van der Waals surface area contributed by atoms with Gasteiger partial charge in [0.1, 0.15) is 17.4 Å². The Kier molecular flexibility index (Phi) is 3.30. The normalized spacial score (nSPS) is 14.6. The Morgan fingerprint density at radius 1 is 1.15 bits per heavy atom. The predicted octanol–water partition coefficient (Wildman–Crippen LogP) is 4.07. The van der Waals surface area contributed by atoms with E-state index in [-0.39, 0.29) is 6.04 Å². The smallest absolute Gasteiger partial charge is 0.131 e. The van der Waals surface area contributed by atoms with Crippen molar-refractivity contribution in [3.05, 3.63) is 59.2 Å². The molecule has 2 nitrogen and oxygen atoms in total. The summed E-state index contributed by atoms with van der Waals surface area (Å²) in [6, 6.07) is 9.24. The molecule has 0 fully saturated rings. The van der Waals surface area contributed by atoms with Crippen LogP contribution in [-0.2, 0) is 6.42 Å². The molecular weight excluding hydrogens is 260 g/mol. The number of halogens is 2. The number of nitrogens with one attached hydrogen (secondary N) is 1. The minimum absolute atomic E-state index is 0.240. The summed E-state index contributed by atoms with van der Waals surface area (Å²) in [5.74, 6) is -0.182. The third-order valence-corrected chi connectivity index (χ3v) is 3.50. The van der Waals surface area contributed by atoms with Gasteiger partial charge in [-0.05, 0) is 36.8 Å². The highest BCUT2D eigenvalue weighted by molar-refractivity contribution is 5.53. The van der Waals surface area contributed by atoms with Crippen molar-refractivity contribution < 1.29 is 13.5 Å². The zero-order chi connectivity index (χ0) is 14.1. The Balaban J connectivity index is 1.80. The molecule has 0 aliphatic carbocycles. The number of anilines is 1. The van der Waals surface area contributed by atoms with E-state index in [0.29, 0.717) is 12.2 Å². The van der Waals surface area contributed by atoms with Gasteiger partial charge in [-0.3, -0.25) is 0 Å². The third kappa shape index (κ3) is 2.46. The Labute approximate surface area is 116 Å². The first-order valence-corrected chi connectivity index (χ1v) is 6.61. The molecule has 0 aromatic heterocycles. The highest BCUT2D eigenvalue weighted by Gasteiger charge is 2.15. The van der Waals surface area contributed by atoms with Crippen molar-refractivity contribution in [3.63, 3.8) is 0 Å². The fourth-order valence-corrected chi connectivity index (χ4v) is 2.46. The Bertz CT molecular complexity index is 642. The first-order valence-electron chi connectivity index (χ1n) is 6.61. The van der Waals surface area contributed by atoms with Crippen molar-refractivity contribution in [2.75, 3.05) is 11.9 Å². The molecule has 1 N–H and O–H groups in total. The van der Waals surface area contributed by atoms with Crippen LogP contribution in [0, 0.1) is 11.6 Å². The summed E-state index contributed by atoms with van der Waals surface area (Å²) >= 11 is 0. The summed E-state index contributed by atoms with van der Waals surface area (Å²) in [6.07, 6.45) is 0.893. The van der Waals surface area contributed by atoms with Gasteiger partial charge in [-0.2, -0.15) is 0 Å². The van der Waals surface area contributed by atoms with Gasteiger partial charge in [0.2, 0.25) is 0 Å². The zero-order valence-corrected chi connectivity index (χ0v) is 11.1. The molecule has 1 unspecified atom stereocenters. The molecule has 1 aliphatic heterocycles. The molecule has 0 radical (unpaired) electrons. The fourth-order valence-electron chi connectivity index (χ4n) is 2.46. The van der Waals surface area contributed by atoms with Crippen LogP contribution in [0.4, 0.5) is 14.5 Å². The second-order valence-electron chi connectivity index (χ2n) is 4.95. The molecule has 0 spiro atoms. The predicted molar refractivity (Wildman–Crippen MR) is 74.0 cm³/mol. The van der Waals surface area contributed by atoms with Crippen LogP contribution in [0.25, 0.3) is 0 Å². The van der Waals surface area contributed by atoms with Crippen molar-refractivity contribution in [2.45, 2.75) is 19.4 Å². The van der Waals surface area contributed by atoms with Crippen LogP contribution in [0.5, 0.6) is 5.75 Å². The van der Waals surface area contributed by atoms with Gasteiger partial charge in [0.25, 0.3) is 0 Å². The van der Waals surface area contributed by atoms with Gasteiger partial charge < -0.3 is 10.1 Å². The number of ether oxygens (including phenoxy) is 1. The van der Waals surface area contributed by atoms with Crippen LogP contribution in [-0.4, -0.2) is 6.61 Å². The lowest BCUT2D eigenvalue weighted by Gasteiger charge is -2.17. The maximum absolute atomic E-state index is 13.7. The van der Waals surface area contributed by atoms with E-state index in [2.05, 4.69) is 5.32 Å². The molecule has 1 atom stereocenters. The summed E-state index contributed by atoms with van der Waals surface area (Å²) in [4.78, 5) is 0. The molecule has 20 heavy (non-hydrogen) atoms. The number of fused-ring (bicyclic) bond motifs is 1. The van der Waals surface area contributed by atoms with Crippen molar-refractivity contribution in [2.24, 2.45) is 0 Å². The van der Waals surface area contributed by atoms with Crippen molar-refractivity contribution in [1.29, 1.82) is 0 Å². The molecule has 2 aromatic rings. The van der Waals surface area contributed by atoms with E-state index in [0.717, 1.165) is 29.5 Å². The lowest BCUT2D eigenvalue weighted by atomic mass is 10.1. The standard InChI is InChI=1S/C16H15F2NO/c1-10(14-4-2-12(17)9-15(14)18)19-13-3-5-16-11(8-13)6-7-20-16/h2-5,8-10,19H,6-7H2,1H3. The number of rotatable bonds is 3. The van der Waals surface area contributed by atoms with Crippen LogP contribution in [0.15, 0.2) is 36.4 Å². The lowest BCUT2D eigenvalue weighted by Crippen LogP contribution is -2.09. The van der Waals surface area contributed by atoms with Crippen molar-refractivity contribution >= 4 is 5.69 Å². The topological polar surface area (TPSA) is 21.3 Å². The molecule has 2 aromatic carbocycles. The first kappa shape index (κ1) is 12.9. The summed E-state index contributed by atoms with van der Waals surface area (Å²) < 4.78 is 32.1. The Hall–Kier alpha value is -2.10. The molecule has 1 aliphatic rings. The molecule has 3 rings (SSSR count). The summed E-state index contributed by atoms with van der Waals surface area (Å²) in [5.41, 5.74) is 2.51. The maximum atomic E-state index is 13.7. The van der Waals surface area contributed by atoms with Crippen LogP contribution in [0.1, 0.15) is 24.1 Å². The molecule has 1 heterocycles. The first-order chi connectivity index (χ1) is 9.63. The minimum Gasteiger partial charge on any atom is -0.493 e. The molecule has 104 valence electrons. The molecule has 0 bridgehead atoms. The van der Waals surface area contributed by atoms with Gasteiger partial charge in [0, 0.05) is 23.7 Å². The molecular formula is C16H15F2NO. The summed E-state index contributed by atoms with van der Waals surface area (Å²) in [5, 5.41) is 3.23. The summed E-state index contributed by atoms with van der Waals surface area (Å²) in [6.45, 7) is 2.56. The molecule has 0 saturated heterocycles. The number of benzene rings is 2. The van der Waals surface area contributed by atoms with Crippen LogP contribution in [0.2, 0.25) is 0 Å². The van der Waals surface area contributed by atoms with Crippen LogP contribution >= 0.6 is 0 Å². The van der Waals surface area contributed by atoms with Crippen LogP contribution < -0.4 is 10.1 Å². The Morgan fingerprint density at radius 3 is 2.80 bits per heavy atom. The quantitative estimate of drug-likeness (QED) is 0.911. The van der Waals surface area contributed by atoms with E-state index in [9.17, 15) is 8.78 Å². The largest absolute Gasteiger partial charge is 0.493 e. The van der Waals surface area contributed by atoms with Gasteiger partial charge in [-0.15, -0.1) is 0 Å². The van der Waals surface area contributed by atoms with Gasteiger partial charge in [0.15, 0.2) is 0 Å². The van der Waals surface area contributed by atoms with Gasteiger partial charge in [-0.25, -0.2) is 8.78 Å². The highest BCUT2D eigenvalue weighted by Crippen LogP contribution is 2.30. The molecule has 0 saturated carbocycles. The second-order valence-corrected chi connectivity index (χ2v) is 4.95. The lowest BCUT2D eigenvalue weighted by molar-refractivity contribution is 0.357. The summed E-state index contributed by atoms with van der Waals surface area (Å²) in [7, 11) is 0. The minimum atomic E-state index is -0.562. The molecule has 4 heteroatoms. The third-order valence-electron chi connectivity index (χ3n) is 3.50. The highest BCUT2D eigenvalue weighted by atomic mass is 19.1. The monoisotopic (exact) mass is 275 g/mol. The zero-order valence-electron chi connectivity index (χ0n) is 11.1. The van der Waals surface area contributed by atoms with Gasteiger partial charge >= 0.3 is 0 Å². The van der Waals surface area contributed by atoms with Gasteiger partial charge in [-0.1, -0.05) is 6.07 Å². The van der Waals surface area contributed by atoms with E-state index >= 15 is 0 Å². The average Bonchev–Trinajstić information content (AvgIpc) is 2.85. The second kappa shape index (κ2) is 5.12. The molecule has 0 amide bonds. The van der Waals surface area contributed by atoms with E-state index in [1.807, 2.05) is 25.1 Å². The van der Waals surface area contributed by atoms with E-state index in [1.165, 1.54) is 12.1 Å². The van der Waals surface area contributed by atoms with Crippen molar-refractivity contribution in [3.8, 4) is 5.75 Å². The SMILES string of the molecule is CC(Nc1ccc2c(c1)CCO2)c1ccc(F)cc1F. The number of hydrogen-bond acceptors (Lipinski definition) is 2.